The number of rotatable bonds is 13. The van der Waals surface area contributed by atoms with Gasteiger partial charge in [0.2, 0.25) is 0 Å². The largest absolute Gasteiger partial charge is 0.460 e. The highest BCUT2D eigenvalue weighted by Gasteiger charge is 3.00. The predicted octanol–water partition coefficient (Wildman–Crippen LogP) is 8.82. The average Bonchev–Trinajstić information content (AvgIpc) is 2.76. The number of hydrogen-bond acceptors (Lipinski definition) is 1. The van der Waals surface area contributed by atoms with Crippen molar-refractivity contribution in [3.05, 3.63) is 0 Å². The molecule has 0 saturated heterocycles. The Bertz CT molecular complexity index is 1000. The number of halogens is 27. The lowest BCUT2D eigenvalue weighted by Gasteiger charge is -2.46. The molecule has 0 heterocycles. The van der Waals surface area contributed by atoms with Crippen molar-refractivity contribution in [2.45, 2.75) is 77.2 Å². The van der Waals surface area contributed by atoms with Gasteiger partial charge in [-0.3, -0.25) is 0 Å². The van der Waals surface area contributed by atoms with Crippen LogP contribution < -0.4 is 0 Å². The smallest absolute Gasteiger partial charge is 0.378 e. The molecule has 0 radical (unpaired) electrons. The van der Waals surface area contributed by atoms with Gasteiger partial charge in [-0.15, -0.1) is 0 Å². The van der Waals surface area contributed by atoms with Gasteiger partial charge >= 0.3 is 77.2 Å². The molecular weight excluding hydrogens is 709 g/mol. The number of methoxy groups -OCH3 is 1. The van der Waals surface area contributed by atoms with Crippen LogP contribution in [-0.4, -0.2) is 91.0 Å². The first kappa shape index (κ1) is 41.1. The maximum absolute atomic E-state index is 13.6. The number of hydrogen-bond donors (Lipinski definition) is 0. The molecular formula is C15H5F27O. The minimum Gasteiger partial charge on any atom is -0.378 e. The highest BCUT2D eigenvalue weighted by molar-refractivity contribution is 5.20. The maximum atomic E-state index is 13.6. The van der Waals surface area contributed by atoms with Crippen LogP contribution in [0.3, 0.4) is 0 Å². The van der Waals surface area contributed by atoms with Gasteiger partial charge < -0.3 is 4.74 Å². The molecule has 0 aromatic carbocycles. The van der Waals surface area contributed by atoms with Gasteiger partial charge in [0.25, 0.3) is 0 Å². The summed E-state index contributed by atoms with van der Waals surface area (Å²) in [6, 6.07) is 0. The fourth-order valence-corrected chi connectivity index (χ4v) is 2.45. The molecule has 0 bridgehead atoms. The Morgan fingerprint density at radius 1 is 0.279 bits per heavy atom. The van der Waals surface area contributed by atoms with Crippen LogP contribution in [0, 0.1) is 0 Å². The molecule has 0 saturated carbocycles. The summed E-state index contributed by atoms with van der Waals surface area (Å²) in [6.07, 6.45) is -8.23. The third-order valence-electron chi connectivity index (χ3n) is 5.08. The van der Waals surface area contributed by atoms with E-state index in [1.165, 1.54) is 0 Å². The Kier molecular flexibility index (Phi) is 9.59. The van der Waals surface area contributed by atoms with E-state index in [0.29, 0.717) is 0 Å². The lowest BCUT2D eigenvalue weighted by Crippen LogP contribution is -2.78. The van der Waals surface area contributed by atoms with Gasteiger partial charge in [-0.05, 0) is 0 Å². The molecule has 43 heavy (non-hydrogen) atoms. The molecule has 0 unspecified atom stereocenters. The van der Waals surface area contributed by atoms with Crippen molar-refractivity contribution < 1.29 is 123 Å². The average molecular weight is 714 g/mol. The normalized spacial score (nSPS) is 17.0. The van der Waals surface area contributed by atoms with E-state index in [1.54, 1.807) is 0 Å². The van der Waals surface area contributed by atoms with Crippen LogP contribution in [-0.2, 0) is 4.74 Å². The predicted molar refractivity (Wildman–Crippen MR) is 77.3 cm³/mol. The lowest BCUT2D eigenvalue weighted by molar-refractivity contribution is -0.485. The fraction of sp³-hybridized carbons (Fsp3) is 1.00. The molecule has 0 fully saturated rings. The van der Waals surface area contributed by atoms with Crippen molar-refractivity contribution in [2.24, 2.45) is 0 Å². The monoisotopic (exact) mass is 714 g/mol. The SMILES string of the molecule is COCC(F)(F)C(F)(F)C(F)(F)C(F)(F)C(F)(F)C(F)(F)C(F)(F)C(F)(F)C(F)(F)C(F)(F)C(F)(F)C(F)(F)C(F)(F)F. The van der Waals surface area contributed by atoms with Crippen molar-refractivity contribution in [2.75, 3.05) is 13.7 Å². The molecule has 0 aliphatic carbocycles. The van der Waals surface area contributed by atoms with E-state index >= 15 is 0 Å². The maximum Gasteiger partial charge on any atom is 0.460 e. The number of alkyl halides is 27. The highest BCUT2D eigenvalue weighted by Crippen LogP contribution is 2.68. The van der Waals surface area contributed by atoms with E-state index in [-0.39, 0.29) is 7.11 Å². The van der Waals surface area contributed by atoms with E-state index in [0.717, 1.165) is 0 Å². The van der Waals surface area contributed by atoms with Gasteiger partial charge in [-0.2, -0.15) is 119 Å². The summed E-state index contributed by atoms with van der Waals surface area (Å²) in [5.74, 6) is -109. The zero-order valence-corrected chi connectivity index (χ0v) is 18.8. The van der Waals surface area contributed by atoms with E-state index in [1.807, 2.05) is 0 Å². The molecule has 260 valence electrons. The topological polar surface area (TPSA) is 9.23 Å². The standard InChI is InChI=1S/C15H5F27O/c1-43-2-3(16,17)4(18,19)5(20,21)6(22,23)7(24,25)8(26,27)9(28,29)10(30,31)11(32,33)12(34,35)13(36,37)14(38,39)15(40,41)42/h2H2,1H3. The molecule has 0 aromatic rings. The fourth-order valence-electron chi connectivity index (χ4n) is 2.45. The Balaban J connectivity index is 7.42. The summed E-state index contributed by atoms with van der Waals surface area (Å²) >= 11 is 0. The third-order valence-corrected chi connectivity index (χ3v) is 5.08. The van der Waals surface area contributed by atoms with Crippen molar-refractivity contribution >= 4 is 0 Å². The quantitative estimate of drug-likeness (QED) is 0.174. The minimum absolute atomic E-state index is 0.143. The van der Waals surface area contributed by atoms with Gasteiger partial charge in [-0.25, -0.2) is 0 Å². The summed E-state index contributed by atoms with van der Waals surface area (Å²) < 4.78 is 360. The van der Waals surface area contributed by atoms with Gasteiger partial charge in [0.1, 0.15) is 6.61 Å². The van der Waals surface area contributed by atoms with Gasteiger partial charge in [0.15, 0.2) is 0 Å². The van der Waals surface area contributed by atoms with E-state index in [2.05, 4.69) is 4.74 Å². The van der Waals surface area contributed by atoms with Gasteiger partial charge in [0.05, 0.1) is 0 Å². The van der Waals surface area contributed by atoms with Crippen LogP contribution in [0.5, 0.6) is 0 Å². The third kappa shape index (κ3) is 4.79. The Morgan fingerprint density at radius 2 is 0.442 bits per heavy atom. The molecule has 0 N–H and O–H groups in total. The molecule has 28 heteroatoms. The summed E-state index contributed by atoms with van der Waals surface area (Å²) in [4.78, 5) is 0. The van der Waals surface area contributed by atoms with Crippen LogP contribution in [0.4, 0.5) is 119 Å². The molecule has 0 aliphatic heterocycles. The van der Waals surface area contributed by atoms with Gasteiger partial charge in [0, 0.05) is 7.11 Å². The van der Waals surface area contributed by atoms with E-state index in [4.69, 9.17) is 0 Å². The zero-order chi connectivity index (χ0) is 35.9. The molecule has 0 aliphatic rings. The first-order valence-electron chi connectivity index (χ1n) is 9.15. The summed E-state index contributed by atoms with van der Waals surface area (Å²) in [5.41, 5.74) is 0. The van der Waals surface area contributed by atoms with E-state index < -0.39 is 83.9 Å². The van der Waals surface area contributed by atoms with Crippen LogP contribution in [0.15, 0.2) is 0 Å². The Hall–Kier alpha value is -1.93. The Labute approximate surface area is 215 Å². The number of ether oxygens (including phenoxy) is 1. The first-order chi connectivity index (χ1) is 18.1. The second-order valence-electron chi connectivity index (χ2n) is 7.95. The Morgan fingerprint density at radius 3 is 0.605 bits per heavy atom. The lowest BCUT2D eigenvalue weighted by atomic mass is 9.84. The molecule has 0 aromatic heterocycles. The minimum atomic E-state index is -9.76. The van der Waals surface area contributed by atoms with Gasteiger partial charge in [-0.1, -0.05) is 0 Å². The molecule has 0 amide bonds. The van der Waals surface area contributed by atoms with E-state index in [9.17, 15) is 119 Å². The summed E-state index contributed by atoms with van der Waals surface area (Å²) in [7, 11) is -0.143. The second kappa shape index (κ2) is 10.0. The van der Waals surface area contributed by atoms with Crippen molar-refractivity contribution in [3.8, 4) is 0 Å². The van der Waals surface area contributed by atoms with Crippen molar-refractivity contribution in [1.29, 1.82) is 0 Å². The molecule has 0 rings (SSSR count). The van der Waals surface area contributed by atoms with Crippen LogP contribution in [0.25, 0.3) is 0 Å². The summed E-state index contributed by atoms with van der Waals surface area (Å²) in [5, 5.41) is 0. The van der Waals surface area contributed by atoms with Crippen molar-refractivity contribution in [1.82, 2.24) is 0 Å². The summed E-state index contributed by atoms with van der Waals surface area (Å²) in [6.45, 7) is -3.24. The molecule has 0 spiro atoms. The second-order valence-corrected chi connectivity index (χ2v) is 7.95. The van der Waals surface area contributed by atoms with Crippen LogP contribution in [0.2, 0.25) is 0 Å². The van der Waals surface area contributed by atoms with Crippen molar-refractivity contribution in [3.63, 3.8) is 0 Å². The molecule has 0 atom stereocenters. The van der Waals surface area contributed by atoms with Crippen LogP contribution in [0.1, 0.15) is 0 Å². The first-order valence-corrected chi connectivity index (χ1v) is 9.15. The highest BCUT2D eigenvalue weighted by atomic mass is 19.4. The zero-order valence-electron chi connectivity index (χ0n) is 18.8. The van der Waals surface area contributed by atoms with Crippen LogP contribution >= 0.6 is 0 Å². The molecule has 1 nitrogen and oxygen atoms in total.